The molecule has 148 valence electrons. The van der Waals surface area contributed by atoms with Crippen molar-refractivity contribution in [2.75, 3.05) is 0 Å². The van der Waals surface area contributed by atoms with Gasteiger partial charge in [0.2, 0.25) is 5.78 Å². The fourth-order valence-electron chi connectivity index (χ4n) is 3.97. The molecule has 0 spiro atoms. The van der Waals surface area contributed by atoms with Crippen LogP contribution in [-0.2, 0) is 11.3 Å². The number of hydrogen-bond donors (Lipinski definition) is 1. The molecule has 1 amide bonds. The van der Waals surface area contributed by atoms with E-state index in [-0.39, 0.29) is 17.9 Å². The van der Waals surface area contributed by atoms with Crippen LogP contribution in [-0.4, -0.2) is 21.7 Å². The number of amides is 1. The minimum absolute atomic E-state index is 0.102. The normalized spacial score (nSPS) is 16.6. The van der Waals surface area contributed by atoms with Gasteiger partial charge in [0.1, 0.15) is 5.76 Å². The van der Waals surface area contributed by atoms with E-state index in [1.807, 2.05) is 42.5 Å². The molecule has 1 atom stereocenters. The Bertz CT molecular complexity index is 1270. The van der Waals surface area contributed by atoms with E-state index < -0.39 is 17.7 Å². The molecular formula is C24H17NO4S. The Balaban J connectivity index is 1.70. The summed E-state index contributed by atoms with van der Waals surface area (Å²) in [6.07, 6.45) is 1.54. The second-order valence-corrected chi connectivity index (χ2v) is 8.00. The quantitative estimate of drug-likeness (QED) is 0.451. The summed E-state index contributed by atoms with van der Waals surface area (Å²) in [5.74, 6) is -0.843. The number of carbonyl (C=O) groups is 2. The predicted octanol–water partition coefficient (Wildman–Crippen LogP) is 5.27. The Hall–Kier alpha value is -3.64. The number of nitrogens with zero attached hydrogens (tertiary/aromatic N) is 1. The first-order valence-electron chi connectivity index (χ1n) is 9.47. The number of furan rings is 1. The SMILES string of the molecule is O=C(C1=C(O)C(=O)N(Cc2ccco2)C1c1cccc2ccccc12)c1cccs1. The van der Waals surface area contributed by atoms with E-state index in [1.54, 1.807) is 29.6 Å². The van der Waals surface area contributed by atoms with Gasteiger partial charge < -0.3 is 14.4 Å². The maximum atomic E-state index is 13.3. The molecule has 1 aliphatic heterocycles. The molecule has 0 saturated heterocycles. The van der Waals surface area contributed by atoms with Gasteiger partial charge in [0.05, 0.1) is 29.3 Å². The Labute approximate surface area is 176 Å². The van der Waals surface area contributed by atoms with Crippen molar-refractivity contribution in [3.8, 4) is 0 Å². The van der Waals surface area contributed by atoms with Gasteiger partial charge in [-0.05, 0) is 39.9 Å². The molecule has 2 aromatic heterocycles. The van der Waals surface area contributed by atoms with Gasteiger partial charge in [-0.2, -0.15) is 0 Å². The molecular weight excluding hydrogens is 398 g/mol. The van der Waals surface area contributed by atoms with Crippen molar-refractivity contribution in [3.63, 3.8) is 0 Å². The van der Waals surface area contributed by atoms with Crippen LogP contribution in [0.15, 0.2) is 94.1 Å². The third-order valence-corrected chi connectivity index (χ3v) is 6.19. The third kappa shape index (κ3) is 2.93. The van der Waals surface area contributed by atoms with Crippen molar-refractivity contribution >= 4 is 33.8 Å². The van der Waals surface area contributed by atoms with Crippen LogP contribution in [0.3, 0.4) is 0 Å². The summed E-state index contributed by atoms with van der Waals surface area (Å²) in [6, 6.07) is 19.9. The van der Waals surface area contributed by atoms with Gasteiger partial charge >= 0.3 is 0 Å². The first-order chi connectivity index (χ1) is 14.6. The van der Waals surface area contributed by atoms with Gasteiger partial charge in [-0.25, -0.2) is 0 Å². The monoisotopic (exact) mass is 415 g/mol. The second kappa shape index (κ2) is 7.31. The van der Waals surface area contributed by atoms with Crippen LogP contribution in [0.5, 0.6) is 0 Å². The lowest BCUT2D eigenvalue weighted by molar-refractivity contribution is -0.130. The molecule has 0 saturated carbocycles. The maximum absolute atomic E-state index is 13.3. The zero-order chi connectivity index (χ0) is 20.7. The highest BCUT2D eigenvalue weighted by Gasteiger charge is 2.44. The van der Waals surface area contributed by atoms with E-state index in [0.29, 0.717) is 10.6 Å². The van der Waals surface area contributed by atoms with Gasteiger partial charge in [-0.15, -0.1) is 11.3 Å². The fraction of sp³-hybridized carbons (Fsp3) is 0.0833. The molecule has 6 heteroatoms. The van der Waals surface area contributed by atoms with Crippen molar-refractivity contribution < 1.29 is 19.1 Å². The van der Waals surface area contributed by atoms with E-state index in [9.17, 15) is 14.7 Å². The molecule has 4 aromatic rings. The number of thiophene rings is 1. The standard InChI is InChI=1S/C24H17NO4S/c26-22(19-11-5-13-30-19)20-21(18-10-3-7-15-6-1-2-9-17(15)18)25(24(28)23(20)27)14-16-8-4-12-29-16/h1-13,21,27H,14H2. The van der Waals surface area contributed by atoms with Crippen molar-refractivity contribution in [1.29, 1.82) is 0 Å². The molecule has 5 nitrogen and oxygen atoms in total. The Morgan fingerprint density at radius 3 is 2.63 bits per heavy atom. The van der Waals surface area contributed by atoms with Crippen LogP contribution in [0, 0.1) is 0 Å². The molecule has 1 N–H and O–H groups in total. The van der Waals surface area contributed by atoms with Crippen molar-refractivity contribution in [1.82, 2.24) is 4.90 Å². The average molecular weight is 415 g/mol. The van der Waals surface area contributed by atoms with Crippen LogP contribution in [0.4, 0.5) is 0 Å². The number of ketones is 1. The summed E-state index contributed by atoms with van der Waals surface area (Å²) < 4.78 is 5.44. The van der Waals surface area contributed by atoms with E-state index >= 15 is 0 Å². The van der Waals surface area contributed by atoms with Gasteiger partial charge in [-0.1, -0.05) is 48.5 Å². The van der Waals surface area contributed by atoms with Gasteiger partial charge in [-0.3, -0.25) is 9.59 Å². The maximum Gasteiger partial charge on any atom is 0.290 e. The molecule has 0 aliphatic carbocycles. The van der Waals surface area contributed by atoms with E-state index in [0.717, 1.165) is 16.3 Å². The highest BCUT2D eigenvalue weighted by atomic mass is 32.1. The summed E-state index contributed by atoms with van der Waals surface area (Å²) in [5, 5.41) is 14.5. The summed E-state index contributed by atoms with van der Waals surface area (Å²) in [4.78, 5) is 28.4. The Morgan fingerprint density at radius 1 is 1.03 bits per heavy atom. The average Bonchev–Trinajstić information content (AvgIpc) is 3.52. The Kier molecular flexibility index (Phi) is 4.48. The van der Waals surface area contributed by atoms with Gasteiger partial charge in [0.25, 0.3) is 5.91 Å². The molecule has 1 aliphatic rings. The number of hydrogen-bond acceptors (Lipinski definition) is 5. The van der Waals surface area contributed by atoms with Gasteiger partial charge in [0, 0.05) is 0 Å². The minimum atomic E-state index is -0.719. The van der Waals surface area contributed by atoms with E-state index in [4.69, 9.17) is 4.42 Å². The summed E-state index contributed by atoms with van der Waals surface area (Å²) in [6.45, 7) is 0.144. The number of aliphatic hydroxyl groups excluding tert-OH is 1. The topological polar surface area (TPSA) is 70.8 Å². The highest BCUT2D eigenvalue weighted by molar-refractivity contribution is 7.12. The number of rotatable bonds is 5. The summed E-state index contributed by atoms with van der Waals surface area (Å²) in [7, 11) is 0. The van der Waals surface area contributed by atoms with Crippen molar-refractivity contribution in [2.45, 2.75) is 12.6 Å². The molecule has 30 heavy (non-hydrogen) atoms. The van der Waals surface area contributed by atoms with Gasteiger partial charge in [0.15, 0.2) is 5.76 Å². The van der Waals surface area contributed by atoms with Crippen molar-refractivity contribution in [3.05, 3.63) is 106 Å². The first kappa shape index (κ1) is 18.4. The highest BCUT2D eigenvalue weighted by Crippen LogP contribution is 2.42. The molecule has 3 heterocycles. The summed E-state index contributed by atoms with van der Waals surface area (Å²) in [5.41, 5.74) is 0.891. The number of benzene rings is 2. The van der Waals surface area contributed by atoms with Crippen molar-refractivity contribution in [2.24, 2.45) is 0 Å². The van der Waals surface area contributed by atoms with Crippen LogP contribution in [0.25, 0.3) is 10.8 Å². The van der Waals surface area contributed by atoms with Crippen LogP contribution < -0.4 is 0 Å². The molecule has 1 unspecified atom stereocenters. The number of Topliss-reactive ketones (excluding diaryl/α,β-unsaturated/α-hetero) is 1. The molecule has 0 fully saturated rings. The van der Waals surface area contributed by atoms with Crippen LogP contribution in [0.1, 0.15) is 27.0 Å². The van der Waals surface area contributed by atoms with E-state index in [1.165, 1.54) is 22.5 Å². The van der Waals surface area contributed by atoms with Crippen LogP contribution >= 0.6 is 11.3 Å². The lowest BCUT2D eigenvalue weighted by Gasteiger charge is -2.27. The number of carbonyl (C=O) groups excluding carboxylic acids is 2. The molecule has 2 aromatic carbocycles. The molecule has 5 rings (SSSR count). The zero-order valence-electron chi connectivity index (χ0n) is 15.8. The first-order valence-corrected chi connectivity index (χ1v) is 10.4. The zero-order valence-corrected chi connectivity index (χ0v) is 16.6. The molecule has 0 bridgehead atoms. The van der Waals surface area contributed by atoms with Crippen LogP contribution in [0.2, 0.25) is 0 Å². The van der Waals surface area contributed by atoms with E-state index in [2.05, 4.69) is 0 Å². The third-order valence-electron chi connectivity index (χ3n) is 5.32. The Morgan fingerprint density at radius 2 is 1.87 bits per heavy atom. The molecule has 0 radical (unpaired) electrons. The number of aliphatic hydroxyl groups is 1. The lowest BCUT2D eigenvalue weighted by atomic mass is 9.91. The smallest absolute Gasteiger partial charge is 0.290 e. The predicted molar refractivity (Wildman–Crippen MR) is 114 cm³/mol. The largest absolute Gasteiger partial charge is 0.503 e. The minimum Gasteiger partial charge on any atom is -0.503 e. The second-order valence-electron chi connectivity index (χ2n) is 7.05. The fourth-order valence-corrected chi connectivity index (χ4v) is 4.65. The summed E-state index contributed by atoms with van der Waals surface area (Å²) >= 11 is 1.29. The lowest BCUT2D eigenvalue weighted by Crippen LogP contribution is -2.30. The number of fused-ring (bicyclic) bond motifs is 1.